The van der Waals surface area contributed by atoms with Gasteiger partial charge in [-0.15, -0.1) is 10.2 Å². The van der Waals surface area contributed by atoms with Crippen molar-refractivity contribution in [2.75, 3.05) is 18.8 Å². The standard InChI is InChI=1S/C25H25N5O3S/c1-17-6-4-7-18(12-17)23-27-28-25(30(23)15-20-8-5-11-33-20)34-16-22(31)19-13-21(26-14-19)24(32)29-9-2-3-10-29/h4-8,11-14,26H,2-3,9-10,15-16H2,1H3. The van der Waals surface area contributed by atoms with Crippen molar-refractivity contribution in [3.8, 4) is 11.4 Å². The van der Waals surface area contributed by atoms with Crippen molar-refractivity contribution in [1.82, 2.24) is 24.6 Å². The molecular formula is C25H25N5O3S. The molecule has 1 amide bonds. The highest BCUT2D eigenvalue weighted by molar-refractivity contribution is 7.99. The molecule has 4 heterocycles. The third-order valence-electron chi connectivity index (χ3n) is 5.85. The fourth-order valence-corrected chi connectivity index (χ4v) is 4.91. The Morgan fingerprint density at radius 2 is 1.97 bits per heavy atom. The average molecular weight is 476 g/mol. The third kappa shape index (κ3) is 4.70. The minimum absolute atomic E-state index is 0.0507. The topological polar surface area (TPSA) is 97.0 Å². The van der Waals surface area contributed by atoms with Crippen LogP contribution >= 0.6 is 11.8 Å². The molecule has 0 atom stereocenters. The van der Waals surface area contributed by atoms with Gasteiger partial charge in [0.1, 0.15) is 11.5 Å². The van der Waals surface area contributed by atoms with E-state index in [1.54, 1.807) is 18.5 Å². The molecule has 0 bridgehead atoms. The van der Waals surface area contributed by atoms with Gasteiger partial charge < -0.3 is 14.3 Å². The second-order valence-electron chi connectivity index (χ2n) is 8.35. The lowest BCUT2D eigenvalue weighted by atomic mass is 10.1. The number of aromatic nitrogens is 4. The van der Waals surface area contributed by atoms with Crippen LogP contribution in [0, 0.1) is 6.92 Å². The van der Waals surface area contributed by atoms with Gasteiger partial charge >= 0.3 is 0 Å². The molecule has 174 valence electrons. The van der Waals surface area contributed by atoms with Gasteiger partial charge in [-0.05, 0) is 44.0 Å². The number of hydrogen-bond donors (Lipinski definition) is 1. The highest BCUT2D eigenvalue weighted by atomic mass is 32.2. The predicted octanol–water partition coefficient (Wildman–Crippen LogP) is 4.43. The van der Waals surface area contributed by atoms with Crippen LogP contribution in [0.15, 0.2) is 64.5 Å². The number of ketones is 1. The van der Waals surface area contributed by atoms with E-state index >= 15 is 0 Å². The van der Waals surface area contributed by atoms with Crippen LogP contribution in [-0.2, 0) is 6.54 Å². The maximum atomic E-state index is 12.9. The van der Waals surface area contributed by atoms with E-state index in [-0.39, 0.29) is 17.4 Å². The Kier molecular flexibility index (Phi) is 6.35. The maximum Gasteiger partial charge on any atom is 0.270 e. The van der Waals surface area contributed by atoms with Gasteiger partial charge in [-0.3, -0.25) is 14.2 Å². The Hall–Kier alpha value is -3.59. The minimum Gasteiger partial charge on any atom is -0.467 e. The van der Waals surface area contributed by atoms with Gasteiger partial charge in [-0.2, -0.15) is 0 Å². The van der Waals surface area contributed by atoms with E-state index in [4.69, 9.17) is 4.42 Å². The second-order valence-corrected chi connectivity index (χ2v) is 9.30. The first kappa shape index (κ1) is 22.2. The number of benzene rings is 1. The number of amides is 1. The number of rotatable bonds is 8. The molecule has 5 rings (SSSR count). The number of likely N-dealkylation sites (tertiary alicyclic amines) is 1. The lowest BCUT2D eigenvalue weighted by molar-refractivity contribution is 0.0787. The SMILES string of the molecule is Cc1cccc(-c2nnc(SCC(=O)c3c[nH]c(C(=O)N4CCCC4)c3)n2Cc2ccco2)c1. The monoisotopic (exact) mass is 475 g/mol. The Morgan fingerprint density at radius 1 is 1.12 bits per heavy atom. The zero-order valence-electron chi connectivity index (χ0n) is 18.9. The summed E-state index contributed by atoms with van der Waals surface area (Å²) < 4.78 is 7.51. The lowest BCUT2D eigenvalue weighted by Gasteiger charge is -2.13. The number of Topliss-reactive ketones (excluding diaryl/α,β-unsaturated/α-hetero) is 1. The molecule has 8 nitrogen and oxygen atoms in total. The number of nitrogens with zero attached hydrogens (tertiary/aromatic N) is 4. The van der Waals surface area contributed by atoms with Crippen LogP contribution in [0.5, 0.6) is 0 Å². The lowest BCUT2D eigenvalue weighted by Crippen LogP contribution is -2.27. The van der Waals surface area contributed by atoms with Gasteiger partial charge in [0.2, 0.25) is 0 Å². The molecule has 1 aromatic carbocycles. The van der Waals surface area contributed by atoms with E-state index < -0.39 is 0 Å². The van der Waals surface area contributed by atoms with E-state index in [2.05, 4.69) is 21.2 Å². The molecule has 34 heavy (non-hydrogen) atoms. The van der Waals surface area contributed by atoms with E-state index in [0.29, 0.717) is 23.0 Å². The van der Waals surface area contributed by atoms with E-state index in [9.17, 15) is 9.59 Å². The van der Waals surface area contributed by atoms with Gasteiger partial charge in [0.15, 0.2) is 16.8 Å². The summed E-state index contributed by atoms with van der Waals surface area (Å²) >= 11 is 1.32. The molecule has 0 radical (unpaired) electrons. The Labute approximate surface area is 201 Å². The number of nitrogens with one attached hydrogen (secondary N) is 1. The zero-order chi connectivity index (χ0) is 23.5. The summed E-state index contributed by atoms with van der Waals surface area (Å²) in [6.45, 7) is 4.03. The smallest absolute Gasteiger partial charge is 0.270 e. The largest absolute Gasteiger partial charge is 0.467 e. The quantitative estimate of drug-likeness (QED) is 0.299. The fraction of sp³-hybridized carbons (Fsp3) is 0.280. The van der Waals surface area contributed by atoms with Crippen LogP contribution in [0.4, 0.5) is 0 Å². The molecule has 3 aromatic heterocycles. The number of H-pyrrole nitrogens is 1. The number of carbonyl (C=O) groups excluding carboxylic acids is 2. The molecule has 0 spiro atoms. The van der Waals surface area contributed by atoms with E-state index in [0.717, 1.165) is 48.6 Å². The molecule has 1 saturated heterocycles. The molecule has 1 aliphatic heterocycles. The number of aryl methyl sites for hydroxylation is 1. The fourth-order valence-electron chi connectivity index (χ4n) is 4.08. The number of hydrogen-bond acceptors (Lipinski definition) is 6. The molecule has 9 heteroatoms. The molecule has 4 aromatic rings. The predicted molar refractivity (Wildman–Crippen MR) is 129 cm³/mol. The van der Waals surface area contributed by atoms with E-state index in [1.165, 1.54) is 11.8 Å². The normalized spacial score (nSPS) is 13.5. The van der Waals surface area contributed by atoms with Crippen molar-refractivity contribution in [3.63, 3.8) is 0 Å². The number of thioether (sulfide) groups is 1. The highest BCUT2D eigenvalue weighted by Crippen LogP contribution is 2.26. The first-order valence-corrected chi connectivity index (χ1v) is 12.2. The van der Waals surface area contributed by atoms with Crippen molar-refractivity contribution in [3.05, 3.63) is 77.5 Å². The zero-order valence-corrected chi connectivity index (χ0v) is 19.7. The van der Waals surface area contributed by atoms with Gasteiger partial charge in [-0.25, -0.2) is 0 Å². The first-order chi connectivity index (χ1) is 16.6. The molecule has 1 aliphatic rings. The molecule has 1 fully saturated rings. The van der Waals surface area contributed by atoms with Gasteiger partial charge in [0.25, 0.3) is 5.91 Å². The molecule has 0 aliphatic carbocycles. The summed E-state index contributed by atoms with van der Waals surface area (Å²) in [5.41, 5.74) is 3.03. The summed E-state index contributed by atoms with van der Waals surface area (Å²) in [4.78, 5) is 30.2. The van der Waals surface area contributed by atoms with Crippen molar-refractivity contribution in [2.45, 2.75) is 31.5 Å². The van der Waals surface area contributed by atoms with Crippen LogP contribution < -0.4 is 0 Å². The Balaban J connectivity index is 1.33. The highest BCUT2D eigenvalue weighted by Gasteiger charge is 2.22. The first-order valence-electron chi connectivity index (χ1n) is 11.2. The van der Waals surface area contributed by atoms with Crippen LogP contribution in [0.3, 0.4) is 0 Å². The Bertz CT molecular complexity index is 1300. The van der Waals surface area contributed by atoms with Crippen molar-refractivity contribution in [2.24, 2.45) is 0 Å². The van der Waals surface area contributed by atoms with Crippen LogP contribution in [0.25, 0.3) is 11.4 Å². The van der Waals surface area contributed by atoms with Crippen molar-refractivity contribution >= 4 is 23.5 Å². The number of furan rings is 1. The number of carbonyl (C=O) groups is 2. The van der Waals surface area contributed by atoms with Gasteiger partial charge in [0.05, 0.1) is 18.6 Å². The summed E-state index contributed by atoms with van der Waals surface area (Å²) in [7, 11) is 0. The molecule has 1 N–H and O–H groups in total. The maximum absolute atomic E-state index is 12.9. The van der Waals surface area contributed by atoms with Crippen LogP contribution in [0.1, 0.15) is 45.0 Å². The van der Waals surface area contributed by atoms with Crippen molar-refractivity contribution < 1.29 is 14.0 Å². The van der Waals surface area contributed by atoms with Crippen molar-refractivity contribution in [1.29, 1.82) is 0 Å². The van der Waals surface area contributed by atoms with Crippen LogP contribution in [0.2, 0.25) is 0 Å². The summed E-state index contributed by atoms with van der Waals surface area (Å²) in [5.74, 6) is 1.54. The van der Waals surface area contributed by atoms with E-state index in [1.807, 2.05) is 46.7 Å². The summed E-state index contributed by atoms with van der Waals surface area (Å²) in [6, 6.07) is 13.5. The van der Waals surface area contributed by atoms with Gasteiger partial charge in [0, 0.05) is 30.4 Å². The minimum atomic E-state index is -0.0774. The van der Waals surface area contributed by atoms with Crippen LogP contribution in [-0.4, -0.2) is 55.2 Å². The summed E-state index contributed by atoms with van der Waals surface area (Å²) in [5, 5.41) is 9.41. The average Bonchev–Trinajstić information content (AvgIpc) is 3.65. The summed E-state index contributed by atoms with van der Waals surface area (Å²) in [6.07, 6.45) is 5.30. The second kappa shape index (κ2) is 9.72. The molecule has 0 unspecified atom stereocenters. The third-order valence-corrected chi connectivity index (χ3v) is 6.81. The van der Waals surface area contributed by atoms with Gasteiger partial charge in [-0.1, -0.05) is 35.5 Å². The molecule has 0 saturated carbocycles. The number of aromatic amines is 1. The molecular weight excluding hydrogens is 450 g/mol. The Morgan fingerprint density at radius 3 is 2.74 bits per heavy atom.